The molecule has 3 fully saturated rings. The summed E-state index contributed by atoms with van der Waals surface area (Å²) in [5.41, 5.74) is 0. The van der Waals surface area contributed by atoms with Gasteiger partial charge in [0, 0.05) is 37.0 Å². The molecule has 3 rings (SSSR count). The SMILES string of the molecule is CSC1CCC(N2CCN3CCCCC3C2)C1. The number of thioether (sulfide) groups is 1. The quantitative estimate of drug-likeness (QED) is 0.747. The van der Waals surface area contributed by atoms with Gasteiger partial charge in [-0.15, -0.1) is 0 Å². The van der Waals surface area contributed by atoms with Crippen LogP contribution in [-0.4, -0.2) is 59.6 Å². The summed E-state index contributed by atoms with van der Waals surface area (Å²) in [5, 5.41) is 0.949. The van der Waals surface area contributed by atoms with E-state index in [1.54, 1.807) is 0 Å². The molecular weight excluding hydrogens is 228 g/mol. The van der Waals surface area contributed by atoms with Gasteiger partial charge in [0.25, 0.3) is 0 Å². The van der Waals surface area contributed by atoms with Crippen LogP contribution >= 0.6 is 11.8 Å². The smallest absolute Gasteiger partial charge is 0.0223 e. The fraction of sp³-hybridized carbons (Fsp3) is 1.00. The molecule has 0 aromatic carbocycles. The molecule has 0 radical (unpaired) electrons. The van der Waals surface area contributed by atoms with Gasteiger partial charge >= 0.3 is 0 Å². The van der Waals surface area contributed by atoms with E-state index in [2.05, 4.69) is 27.8 Å². The van der Waals surface area contributed by atoms with Gasteiger partial charge in [0.2, 0.25) is 0 Å². The van der Waals surface area contributed by atoms with Crippen LogP contribution in [0.15, 0.2) is 0 Å². The van der Waals surface area contributed by atoms with Crippen LogP contribution in [0, 0.1) is 0 Å². The zero-order chi connectivity index (χ0) is 11.7. The minimum absolute atomic E-state index is 0.894. The van der Waals surface area contributed by atoms with Crippen molar-refractivity contribution in [2.45, 2.75) is 55.9 Å². The normalized spacial score (nSPS) is 40.4. The fourth-order valence-electron chi connectivity index (χ4n) is 3.97. The van der Waals surface area contributed by atoms with Crippen LogP contribution in [0.4, 0.5) is 0 Å². The molecule has 2 nitrogen and oxygen atoms in total. The van der Waals surface area contributed by atoms with Crippen LogP contribution in [0.1, 0.15) is 38.5 Å². The third-order valence-electron chi connectivity index (χ3n) is 5.08. The summed E-state index contributed by atoms with van der Waals surface area (Å²) in [4.78, 5) is 5.57. The van der Waals surface area contributed by atoms with E-state index in [0.717, 1.165) is 17.3 Å². The van der Waals surface area contributed by atoms with E-state index >= 15 is 0 Å². The summed E-state index contributed by atoms with van der Waals surface area (Å²) in [7, 11) is 0. The average Bonchev–Trinajstić information content (AvgIpc) is 2.87. The van der Waals surface area contributed by atoms with Gasteiger partial charge in [-0.1, -0.05) is 6.42 Å². The molecule has 0 spiro atoms. The summed E-state index contributed by atoms with van der Waals surface area (Å²) in [5.74, 6) is 0. The number of rotatable bonds is 2. The topological polar surface area (TPSA) is 6.48 Å². The standard InChI is InChI=1S/C14H26N2S/c1-17-14-6-5-12(10-14)16-9-8-15-7-3-2-4-13(15)11-16/h12-14H,2-11H2,1H3. The summed E-state index contributed by atoms with van der Waals surface area (Å²) >= 11 is 2.09. The number of hydrogen-bond donors (Lipinski definition) is 0. The molecule has 0 N–H and O–H groups in total. The molecule has 0 amide bonds. The van der Waals surface area contributed by atoms with Crippen molar-refractivity contribution in [1.29, 1.82) is 0 Å². The van der Waals surface area contributed by atoms with E-state index in [4.69, 9.17) is 0 Å². The Labute approximate surface area is 110 Å². The largest absolute Gasteiger partial charge is 0.298 e. The Bertz CT molecular complexity index is 259. The minimum atomic E-state index is 0.894. The highest BCUT2D eigenvalue weighted by molar-refractivity contribution is 7.99. The van der Waals surface area contributed by atoms with Gasteiger partial charge in [-0.25, -0.2) is 0 Å². The Balaban J connectivity index is 1.55. The van der Waals surface area contributed by atoms with E-state index < -0.39 is 0 Å². The maximum absolute atomic E-state index is 2.82. The van der Waals surface area contributed by atoms with E-state index in [1.165, 1.54) is 64.7 Å². The Morgan fingerprint density at radius 3 is 2.59 bits per heavy atom. The first-order valence-corrected chi connectivity index (χ1v) is 8.66. The van der Waals surface area contributed by atoms with Gasteiger partial charge in [-0.05, 0) is 44.9 Å². The number of hydrogen-bond acceptors (Lipinski definition) is 3. The van der Waals surface area contributed by atoms with E-state index in [1.807, 2.05) is 0 Å². The Kier molecular flexibility index (Phi) is 3.98. The first kappa shape index (κ1) is 12.3. The van der Waals surface area contributed by atoms with Crippen LogP contribution in [-0.2, 0) is 0 Å². The van der Waals surface area contributed by atoms with Gasteiger partial charge in [-0.3, -0.25) is 9.80 Å². The van der Waals surface area contributed by atoms with Gasteiger partial charge in [-0.2, -0.15) is 11.8 Å². The van der Waals surface area contributed by atoms with Crippen LogP contribution in [0.2, 0.25) is 0 Å². The zero-order valence-electron chi connectivity index (χ0n) is 11.1. The van der Waals surface area contributed by atoms with Crippen LogP contribution < -0.4 is 0 Å². The molecule has 17 heavy (non-hydrogen) atoms. The summed E-state index contributed by atoms with van der Waals surface area (Å²) in [6.07, 6.45) is 11.0. The van der Waals surface area contributed by atoms with Crippen molar-refractivity contribution in [3.8, 4) is 0 Å². The van der Waals surface area contributed by atoms with Crippen LogP contribution in [0.25, 0.3) is 0 Å². The molecular formula is C14H26N2S. The third-order valence-corrected chi connectivity index (χ3v) is 6.17. The molecule has 2 saturated heterocycles. The van der Waals surface area contributed by atoms with Crippen molar-refractivity contribution in [3.63, 3.8) is 0 Å². The highest BCUT2D eigenvalue weighted by Gasteiger charge is 2.35. The predicted molar refractivity (Wildman–Crippen MR) is 75.7 cm³/mol. The molecule has 1 saturated carbocycles. The lowest BCUT2D eigenvalue weighted by Crippen LogP contribution is -2.56. The minimum Gasteiger partial charge on any atom is -0.298 e. The second-order valence-electron chi connectivity index (χ2n) is 6.01. The average molecular weight is 254 g/mol. The van der Waals surface area contributed by atoms with Crippen molar-refractivity contribution < 1.29 is 0 Å². The molecule has 0 bridgehead atoms. The number of nitrogens with zero attached hydrogens (tertiary/aromatic N) is 2. The van der Waals surface area contributed by atoms with Crippen molar-refractivity contribution in [2.24, 2.45) is 0 Å². The second-order valence-corrected chi connectivity index (χ2v) is 7.14. The third kappa shape index (κ3) is 2.66. The maximum atomic E-state index is 2.82. The monoisotopic (exact) mass is 254 g/mol. The first-order valence-electron chi connectivity index (χ1n) is 7.37. The predicted octanol–water partition coefficient (Wildman–Crippen LogP) is 2.44. The molecule has 98 valence electrons. The fourth-order valence-corrected chi connectivity index (χ4v) is 4.76. The lowest BCUT2D eigenvalue weighted by Gasteiger charge is -2.46. The molecule has 3 aliphatic rings. The highest BCUT2D eigenvalue weighted by Crippen LogP contribution is 2.33. The lowest BCUT2D eigenvalue weighted by atomic mass is 9.98. The maximum Gasteiger partial charge on any atom is 0.0223 e. The number of piperazine rings is 1. The van der Waals surface area contributed by atoms with Crippen molar-refractivity contribution in [1.82, 2.24) is 9.80 Å². The lowest BCUT2D eigenvalue weighted by molar-refractivity contribution is 0.0288. The molecule has 0 aromatic rings. The second kappa shape index (κ2) is 5.50. The Morgan fingerprint density at radius 2 is 1.76 bits per heavy atom. The van der Waals surface area contributed by atoms with Crippen LogP contribution in [0.3, 0.4) is 0 Å². The molecule has 2 aliphatic heterocycles. The van der Waals surface area contributed by atoms with Crippen LogP contribution in [0.5, 0.6) is 0 Å². The van der Waals surface area contributed by atoms with Gasteiger partial charge in [0.1, 0.15) is 0 Å². The summed E-state index contributed by atoms with van der Waals surface area (Å²) in [6.45, 7) is 5.41. The molecule has 2 heterocycles. The van der Waals surface area contributed by atoms with Crippen molar-refractivity contribution in [3.05, 3.63) is 0 Å². The number of piperidine rings is 1. The molecule has 3 atom stereocenters. The Hall–Kier alpha value is 0.270. The molecule has 1 aliphatic carbocycles. The van der Waals surface area contributed by atoms with Gasteiger partial charge < -0.3 is 0 Å². The van der Waals surface area contributed by atoms with E-state index in [9.17, 15) is 0 Å². The van der Waals surface area contributed by atoms with Gasteiger partial charge in [0.05, 0.1) is 0 Å². The van der Waals surface area contributed by atoms with E-state index in [0.29, 0.717) is 0 Å². The molecule has 3 heteroatoms. The van der Waals surface area contributed by atoms with E-state index in [-0.39, 0.29) is 0 Å². The van der Waals surface area contributed by atoms with Gasteiger partial charge in [0.15, 0.2) is 0 Å². The van der Waals surface area contributed by atoms with Crippen molar-refractivity contribution in [2.75, 3.05) is 32.4 Å². The highest BCUT2D eigenvalue weighted by atomic mass is 32.2. The number of fused-ring (bicyclic) bond motifs is 1. The zero-order valence-corrected chi connectivity index (χ0v) is 11.9. The van der Waals surface area contributed by atoms with Crippen molar-refractivity contribution >= 4 is 11.8 Å². The molecule has 3 unspecified atom stereocenters. The summed E-state index contributed by atoms with van der Waals surface area (Å²) in [6, 6.07) is 1.81. The Morgan fingerprint density at radius 1 is 0.882 bits per heavy atom. The first-order chi connectivity index (χ1) is 8.36. The molecule has 0 aromatic heterocycles. The summed E-state index contributed by atoms with van der Waals surface area (Å²) < 4.78 is 0.